The van der Waals surface area contributed by atoms with Crippen LogP contribution >= 0.6 is 11.6 Å². The van der Waals surface area contributed by atoms with Gasteiger partial charge in [-0.05, 0) is 43.2 Å². The van der Waals surface area contributed by atoms with Crippen molar-refractivity contribution in [1.29, 1.82) is 0 Å². The van der Waals surface area contributed by atoms with Crippen LogP contribution in [-0.4, -0.2) is 50.3 Å². The first-order valence-corrected chi connectivity index (χ1v) is 9.95. The summed E-state index contributed by atoms with van der Waals surface area (Å²) >= 11 is 6.02. The van der Waals surface area contributed by atoms with Crippen LogP contribution in [-0.2, 0) is 9.53 Å². The first kappa shape index (κ1) is 20.6. The Hall–Kier alpha value is -2.08. The Kier molecular flexibility index (Phi) is 7.31. The van der Waals surface area contributed by atoms with E-state index in [0.717, 1.165) is 31.9 Å². The van der Waals surface area contributed by atoms with Crippen LogP contribution in [0, 0.1) is 13.8 Å². The number of halogens is 1. The molecule has 0 saturated carbocycles. The number of carbonyl (C=O) groups is 1. The van der Waals surface area contributed by atoms with Gasteiger partial charge in [0.2, 0.25) is 0 Å². The molecule has 0 spiro atoms. The lowest BCUT2D eigenvalue weighted by molar-refractivity contribution is -0.123. The monoisotopic (exact) mass is 402 g/mol. The lowest BCUT2D eigenvalue weighted by Crippen LogP contribution is -2.44. The van der Waals surface area contributed by atoms with E-state index in [1.165, 1.54) is 11.1 Å². The largest absolute Gasteiger partial charge is 0.484 e. The summed E-state index contributed by atoms with van der Waals surface area (Å²) < 4.78 is 11.1. The second-order valence-corrected chi connectivity index (χ2v) is 7.49. The summed E-state index contributed by atoms with van der Waals surface area (Å²) in [7, 11) is 0. The third-order valence-electron chi connectivity index (χ3n) is 4.94. The van der Waals surface area contributed by atoms with Crippen LogP contribution < -0.4 is 10.1 Å². The number of amides is 1. The molecule has 0 bridgehead atoms. The van der Waals surface area contributed by atoms with Gasteiger partial charge in [0.05, 0.1) is 19.3 Å². The number of nitrogens with zero attached hydrogens (tertiary/aromatic N) is 1. The van der Waals surface area contributed by atoms with Gasteiger partial charge in [0.15, 0.2) is 6.61 Å². The van der Waals surface area contributed by atoms with Gasteiger partial charge in [-0.3, -0.25) is 9.69 Å². The van der Waals surface area contributed by atoms with E-state index in [-0.39, 0.29) is 18.6 Å². The average molecular weight is 403 g/mol. The molecule has 1 atom stereocenters. The maximum Gasteiger partial charge on any atom is 0.258 e. The predicted molar refractivity (Wildman–Crippen MR) is 111 cm³/mol. The van der Waals surface area contributed by atoms with Crippen molar-refractivity contribution in [3.05, 3.63) is 64.2 Å². The lowest BCUT2D eigenvalue weighted by Gasteiger charge is -2.35. The van der Waals surface area contributed by atoms with Gasteiger partial charge in [0.25, 0.3) is 5.91 Å². The van der Waals surface area contributed by atoms with Crippen LogP contribution in [0.4, 0.5) is 0 Å². The molecule has 0 aromatic heterocycles. The molecule has 1 fully saturated rings. The summed E-state index contributed by atoms with van der Waals surface area (Å²) in [6.45, 7) is 7.64. The van der Waals surface area contributed by atoms with E-state index < -0.39 is 0 Å². The standard InChI is InChI=1S/C22H27ClN2O3/c1-16-3-5-18(6-4-16)21(25-9-11-27-12-10-25)14-24-22(26)15-28-19-7-8-20(23)17(2)13-19/h3-8,13,21H,9-12,14-15H2,1-2H3,(H,24,26)/t21-/m0/s1. The van der Waals surface area contributed by atoms with E-state index in [1.54, 1.807) is 12.1 Å². The summed E-state index contributed by atoms with van der Waals surface area (Å²) in [4.78, 5) is 14.7. The Bertz CT molecular complexity index is 789. The number of nitrogens with one attached hydrogen (secondary N) is 1. The van der Waals surface area contributed by atoms with Crippen LogP contribution in [0.3, 0.4) is 0 Å². The number of rotatable bonds is 7. The minimum absolute atomic E-state index is 0.0230. The van der Waals surface area contributed by atoms with Gasteiger partial charge in [-0.2, -0.15) is 0 Å². The fourth-order valence-corrected chi connectivity index (χ4v) is 3.37. The molecule has 150 valence electrons. The molecule has 1 amide bonds. The Labute approximate surface area is 171 Å². The topological polar surface area (TPSA) is 50.8 Å². The highest BCUT2D eigenvalue weighted by Gasteiger charge is 2.23. The summed E-state index contributed by atoms with van der Waals surface area (Å²) in [5.41, 5.74) is 3.34. The van der Waals surface area contributed by atoms with Crippen LogP contribution in [0.1, 0.15) is 22.7 Å². The Morgan fingerprint density at radius 1 is 1.18 bits per heavy atom. The van der Waals surface area contributed by atoms with E-state index in [9.17, 15) is 4.79 Å². The molecule has 1 N–H and O–H groups in total. The van der Waals surface area contributed by atoms with E-state index in [4.69, 9.17) is 21.1 Å². The zero-order chi connectivity index (χ0) is 19.9. The molecule has 1 saturated heterocycles. The van der Waals surface area contributed by atoms with Crippen molar-refractivity contribution in [3.63, 3.8) is 0 Å². The molecule has 3 rings (SSSR count). The molecule has 2 aromatic rings. The van der Waals surface area contributed by atoms with Crippen LogP contribution in [0.15, 0.2) is 42.5 Å². The first-order valence-electron chi connectivity index (χ1n) is 9.57. The minimum Gasteiger partial charge on any atom is -0.484 e. The normalized spacial score (nSPS) is 15.8. The number of hydrogen-bond donors (Lipinski definition) is 1. The lowest BCUT2D eigenvalue weighted by atomic mass is 10.0. The Morgan fingerprint density at radius 3 is 2.57 bits per heavy atom. The summed E-state index contributed by atoms with van der Waals surface area (Å²) in [6, 6.07) is 14.0. The van der Waals surface area contributed by atoms with Crippen molar-refractivity contribution in [2.24, 2.45) is 0 Å². The molecule has 1 aliphatic heterocycles. The molecule has 2 aromatic carbocycles. The molecule has 0 radical (unpaired) electrons. The molecule has 1 heterocycles. The SMILES string of the molecule is Cc1ccc([C@H](CNC(=O)COc2ccc(Cl)c(C)c2)N2CCOCC2)cc1. The first-order chi connectivity index (χ1) is 13.5. The smallest absolute Gasteiger partial charge is 0.258 e. The summed E-state index contributed by atoms with van der Waals surface area (Å²) in [6.07, 6.45) is 0. The highest BCUT2D eigenvalue weighted by Crippen LogP contribution is 2.22. The van der Waals surface area contributed by atoms with Crippen molar-refractivity contribution in [2.75, 3.05) is 39.5 Å². The zero-order valence-electron chi connectivity index (χ0n) is 16.4. The van der Waals surface area contributed by atoms with E-state index in [0.29, 0.717) is 17.3 Å². The molecule has 5 nitrogen and oxygen atoms in total. The molecule has 0 unspecified atom stereocenters. The Balaban J connectivity index is 1.58. The third-order valence-corrected chi connectivity index (χ3v) is 5.36. The van der Waals surface area contributed by atoms with Gasteiger partial charge < -0.3 is 14.8 Å². The summed E-state index contributed by atoms with van der Waals surface area (Å²) in [5.74, 6) is 0.498. The maximum absolute atomic E-state index is 12.3. The average Bonchev–Trinajstić information content (AvgIpc) is 2.71. The van der Waals surface area contributed by atoms with Crippen LogP contribution in [0.5, 0.6) is 5.75 Å². The summed E-state index contributed by atoms with van der Waals surface area (Å²) in [5, 5.41) is 3.70. The predicted octanol–water partition coefficient (Wildman–Crippen LogP) is 3.53. The molecular formula is C22H27ClN2O3. The van der Waals surface area contributed by atoms with Crippen molar-refractivity contribution in [1.82, 2.24) is 10.2 Å². The van der Waals surface area contributed by atoms with Gasteiger partial charge in [-0.1, -0.05) is 41.4 Å². The minimum atomic E-state index is -0.141. The maximum atomic E-state index is 12.3. The van der Waals surface area contributed by atoms with Gasteiger partial charge in [-0.25, -0.2) is 0 Å². The molecule has 6 heteroatoms. The van der Waals surface area contributed by atoms with Crippen molar-refractivity contribution in [3.8, 4) is 5.75 Å². The number of hydrogen-bond acceptors (Lipinski definition) is 4. The van der Waals surface area contributed by atoms with Crippen molar-refractivity contribution in [2.45, 2.75) is 19.9 Å². The quantitative estimate of drug-likeness (QED) is 0.769. The number of morpholine rings is 1. The molecule has 0 aliphatic carbocycles. The zero-order valence-corrected chi connectivity index (χ0v) is 17.2. The van der Waals surface area contributed by atoms with E-state index in [2.05, 4.69) is 41.4 Å². The van der Waals surface area contributed by atoms with E-state index in [1.807, 2.05) is 13.0 Å². The fraction of sp³-hybridized carbons (Fsp3) is 0.409. The van der Waals surface area contributed by atoms with Gasteiger partial charge >= 0.3 is 0 Å². The van der Waals surface area contributed by atoms with E-state index >= 15 is 0 Å². The van der Waals surface area contributed by atoms with Gasteiger partial charge in [0, 0.05) is 24.7 Å². The number of ether oxygens (including phenoxy) is 2. The Morgan fingerprint density at radius 2 is 1.89 bits per heavy atom. The van der Waals surface area contributed by atoms with Gasteiger partial charge in [-0.15, -0.1) is 0 Å². The number of benzene rings is 2. The highest BCUT2D eigenvalue weighted by atomic mass is 35.5. The second-order valence-electron chi connectivity index (χ2n) is 7.08. The fourth-order valence-electron chi connectivity index (χ4n) is 3.25. The van der Waals surface area contributed by atoms with Crippen LogP contribution in [0.2, 0.25) is 5.02 Å². The number of aryl methyl sites for hydroxylation is 2. The van der Waals surface area contributed by atoms with Crippen molar-refractivity contribution >= 4 is 17.5 Å². The number of carbonyl (C=O) groups excluding carboxylic acids is 1. The van der Waals surface area contributed by atoms with Crippen LogP contribution in [0.25, 0.3) is 0 Å². The van der Waals surface area contributed by atoms with Gasteiger partial charge in [0.1, 0.15) is 5.75 Å². The third kappa shape index (κ3) is 5.71. The molecule has 28 heavy (non-hydrogen) atoms. The highest BCUT2D eigenvalue weighted by molar-refractivity contribution is 6.31. The van der Waals surface area contributed by atoms with Crippen molar-refractivity contribution < 1.29 is 14.3 Å². The molecule has 1 aliphatic rings. The molecular weight excluding hydrogens is 376 g/mol. The second kappa shape index (κ2) is 9.92.